The number of carbonyl (C=O) groups is 2. The lowest BCUT2D eigenvalue weighted by Gasteiger charge is -2.19. The SMILES string of the molecule is O=C(NCCC1CCCO1)C(=O)N1CCCNCC1. The minimum absolute atomic E-state index is 0.248. The van der Waals surface area contributed by atoms with Gasteiger partial charge in [0, 0.05) is 32.8 Å². The summed E-state index contributed by atoms with van der Waals surface area (Å²) in [6.45, 7) is 4.27. The van der Waals surface area contributed by atoms with Crippen LogP contribution in [0.1, 0.15) is 25.7 Å². The Kier molecular flexibility index (Phi) is 5.60. The molecule has 0 spiro atoms. The van der Waals surface area contributed by atoms with Crippen molar-refractivity contribution in [1.29, 1.82) is 0 Å². The van der Waals surface area contributed by atoms with Gasteiger partial charge in [0.15, 0.2) is 0 Å². The first kappa shape index (κ1) is 14.3. The van der Waals surface area contributed by atoms with Gasteiger partial charge in [-0.05, 0) is 32.2 Å². The summed E-state index contributed by atoms with van der Waals surface area (Å²) in [7, 11) is 0. The molecule has 0 radical (unpaired) electrons. The molecule has 2 N–H and O–H groups in total. The number of amides is 2. The number of hydrogen-bond acceptors (Lipinski definition) is 4. The summed E-state index contributed by atoms with van der Waals surface area (Å²) in [5, 5.41) is 5.91. The van der Waals surface area contributed by atoms with E-state index in [9.17, 15) is 9.59 Å². The summed E-state index contributed by atoms with van der Waals surface area (Å²) in [6.07, 6.45) is 4.09. The molecule has 0 aromatic carbocycles. The third-order valence-corrected chi connectivity index (χ3v) is 3.60. The van der Waals surface area contributed by atoms with E-state index in [0.29, 0.717) is 19.6 Å². The van der Waals surface area contributed by atoms with Gasteiger partial charge in [-0.3, -0.25) is 9.59 Å². The normalized spacial score (nSPS) is 24.0. The lowest BCUT2D eigenvalue weighted by molar-refractivity contribution is -0.145. The Morgan fingerprint density at radius 2 is 2.16 bits per heavy atom. The fourth-order valence-corrected chi connectivity index (χ4v) is 2.49. The topological polar surface area (TPSA) is 70.7 Å². The average Bonchev–Trinajstić information content (AvgIpc) is 2.78. The zero-order chi connectivity index (χ0) is 13.5. The lowest BCUT2D eigenvalue weighted by atomic mass is 10.2. The molecule has 1 atom stereocenters. The Morgan fingerprint density at radius 1 is 1.26 bits per heavy atom. The van der Waals surface area contributed by atoms with Crippen molar-refractivity contribution in [3.8, 4) is 0 Å². The van der Waals surface area contributed by atoms with Crippen LogP contribution in [0.4, 0.5) is 0 Å². The van der Waals surface area contributed by atoms with Crippen molar-refractivity contribution in [2.45, 2.75) is 31.8 Å². The number of hydrogen-bond donors (Lipinski definition) is 2. The number of nitrogens with zero attached hydrogens (tertiary/aromatic N) is 1. The van der Waals surface area contributed by atoms with Gasteiger partial charge in [-0.2, -0.15) is 0 Å². The van der Waals surface area contributed by atoms with Crippen LogP contribution in [0.3, 0.4) is 0 Å². The third kappa shape index (κ3) is 4.47. The van der Waals surface area contributed by atoms with Gasteiger partial charge in [0.25, 0.3) is 0 Å². The second-order valence-electron chi connectivity index (χ2n) is 5.08. The average molecular weight is 269 g/mol. The lowest BCUT2D eigenvalue weighted by Crippen LogP contribution is -2.44. The van der Waals surface area contributed by atoms with Crippen LogP contribution in [0, 0.1) is 0 Å². The van der Waals surface area contributed by atoms with Gasteiger partial charge >= 0.3 is 11.8 Å². The van der Waals surface area contributed by atoms with E-state index in [2.05, 4.69) is 10.6 Å². The molecule has 0 saturated carbocycles. The standard InChI is InChI=1S/C13H23N3O3/c17-12(15-6-4-11-3-1-10-19-11)13(18)16-8-2-5-14-7-9-16/h11,14H,1-10H2,(H,15,17). The molecule has 0 aromatic heterocycles. The Hall–Kier alpha value is -1.14. The van der Waals surface area contributed by atoms with E-state index in [4.69, 9.17) is 4.74 Å². The quantitative estimate of drug-likeness (QED) is 0.677. The van der Waals surface area contributed by atoms with Crippen LogP contribution in [0.25, 0.3) is 0 Å². The minimum atomic E-state index is -0.486. The molecular formula is C13H23N3O3. The molecule has 2 saturated heterocycles. The Morgan fingerprint density at radius 3 is 2.95 bits per heavy atom. The molecule has 2 aliphatic rings. The molecule has 0 aliphatic carbocycles. The van der Waals surface area contributed by atoms with E-state index in [1.165, 1.54) is 0 Å². The summed E-state index contributed by atoms with van der Waals surface area (Å²) in [5.74, 6) is -0.893. The van der Waals surface area contributed by atoms with Gasteiger partial charge in [0.2, 0.25) is 0 Å². The summed E-state index contributed by atoms with van der Waals surface area (Å²) in [6, 6.07) is 0. The maximum absolute atomic E-state index is 11.9. The van der Waals surface area contributed by atoms with Crippen LogP contribution in [0.5, 0.6) is 0 Å². The second-order valence-corrected chi connectivity index (χ2v) is 5.08. The van der Waals surface area contributed by atoms with E-state index >= 15 is 0 Å². The highest BCUT2D eigenvalue weighted by molar-refractivity contribution is 6.35. The van der Waals surface area contributed by atoms with Gasteiger partial charge in [0.05, 0.1) is 6.10 Å². The first-order chi connectivity index (χ1) is 9.27. The zero-order valence-electron chi connectivity index (χ0n) is 11.3. The fraction of sp³-hybridized carbons (Fsp3) is 0.846. The van der Waals surface area contributed by atoms with Gasteiger partial charge < -0.3 is 20.3 Å². The Bertz CT molecular complexity index is 308. The largest absolute Gasteiger partial charge is 0.378 e. The van der Waals surface area contributed by atoms with Gasteiger partial charge in [-0.1, -0.05) is 0 Å². The third-order valence-electron chi connectivity index (χ3n) is 3.60. The van der Waals surface area contributed by atoms with Gasteiger partial charge in [-0.25, -0.2) is 0 Å². The molecule has 2 amide bonds. The molecule has 108 valence electrons. The molecule has 6 nitrogen and oxygen atoms in total. The second kappa shape index (κ2) is 7.45. The summed E-state index contributed by atoms with van der Waals surface area (Å²) in [4.78, 5) is 25.3. The van der Waals surface area contributed by atoms with Crippen molar-refractivity contribution >= 4 is 11.8 Å². The molecule has 1 unspecified atom stereocenters. The molecular weight excluding hydrogens is 246 g/mol. The van der Waals surface area contributed by atoms with E-state index < -0.39 is 11.8 Å². The molecule has 0 aromatic rings. The highest BCUT2D eigenvalue weighted by Gasteiger charge is 2.22. The Balaban J connectivity index is 1.67. The van der Waals surface area contributed by atoms with Crippen molar-refractivity contribution in [3.05, 3.63) is 0 Å². The molecule has 2 aliphatic heterocycles. The van der Waals surface area contributed by atoms with Crippen molar-refractivity contribution in [2.24, 2.45) is 0 Å². The maximum atomic E-state index is 11.9. The predicted octanol–water partition coefficient (Wildman–Crippen LogP) is -0.506. The molecule has 0 bridgehead atoms. The van der Waals surface area contributed by atoms with E-state index in [1.807, 2.05) is 0 Å². The summed E-state index contributed by atoms with van der Waals surface area (Å²) < 4.78 is 5.47. The molecule has 19 heavy (non-hydrogen) atoms. The number of carbonyl (C=O) groups excluding carboxylic acids is 2. The first-order valence-corrected chi connectivity index (χ1v) is 7.17. The van der Waals surface area contributed by atoms with E-state index in [1.54, 1.807) is 4.90 Å². The van der Waals surface area contributed by atoms with Crippen molar-refractivity contribution in [1.82, 2.24) is 15.5 Å². The molecule has 2 rings (SSSR count). The number of nitrogens with one attached hydrogen (secondary N) is 2. The smallest absolute Gasteiger partial charge is 0.311 e. The fourth-order valence-electron chi connectivity index (χ4n) is 2.49. The van der Waals surface area contributed by atoms with Crippen LogP contribution in [-0.4, -0.2) is 62.1 Å². The van der Waals surface area contributed by atoms with Crippen LogP contribution in [-0.2, 0) is 14.3 Å². The van der Waals surface area contributed by atoms with E-state index in [-0.39, 0.29) is 6.10 Å². The van der Waals surface area contributed by atoms with Crippen molar-refractivity contribution in [2.75, 3.05) is 39.3 Å². The molecule has 2 fully saturated rings. The van der Waals surface area contributed by atoms with E-state index in [0.717, 1.165) is 45.4 Å². The highest BCUT2D eigenvalue weighted by atomic mass is 16.5. The minimum Gasteiger partial charge on any atom is -0.378 e. The number of ether oxygens (including phenoxy) is 1. The monoisotopic (exact) mass is 269 g/mol. The molecule has 2 heterocycles. The highest BCUT2D eigenvalue weighted by Crippen LogP contribution is 2.14. The van der Waals surface area contributed by atoms with Crippen LogP contribution >= 0.6 is 0 Å². The van der Waals surface area contributed by atoms with Gasteiger partial charge in [-0.15, -0.1) is 0 Å². The summed E-state index contributed by atoms with van der Waals surface area (Å²) >= 11 is 0. The van der Waals surface area contributed by atoms with Crippen LogP contribution in [0.2, 0.25) is 0 Å². The van der Waals surface area contributed by atoms with Crippen molar-refractivity contribution in [3.63, 3.8) is 0 Å². The predicted molar refractivity (Wildman–Crippen MR) is 70.7 cm³/mol. The van der Waals surface area contributed by atoms with Crippen molar-refractivity contribution < 1.29 is 14.3 Å². The van der Waals surface area contributed by atoms with Crippen LogP contribution in [0.15, 0.2) is 0 Å². The summed E-state index contributed by atoms with van der Waals surface area (Å²) in [5.41, 5.74) is 0. The number of rotatable bonds is 3. The molecule has 6 heteroatoms. The van der Waals surface area contributed by atoms with Gasteiger partial charge in [0.1, 0.15) is 0 Å². The Labute approximate surface area is 113 Å². The zero-order valence-corrected chi connectivity index (χ0v) is 11.3. The van der Waals surface area contributed by atoms with Crippen LogP contribution < -0.4 is 10.6 Å². The first-order valence-electron chi connectivity index (χ1n) is 7.17. The maximum Gasteiger partial charge on any atom is 0.311 e.